The van der Waals surface area contributed by atoms with Gasteiger partial charge in [0.05, 0.1) is 18.7 Å². The number of nitrogens with one attached hydrogen (secondary N) is 1. The average molecular weight is 325 g/mol. The number of allylic oxidation sites excluding steroid dienone is 2. The number of carbonyl (C=O) groups is 1. The van der Waals surface area contributed by atoms with Gasteiger partial charge in [0, 0.05) is 16.5 Å². The predicted octanol–water partition coefficient (Wildman–Crippen LogP) is 4.67. The molecule has 3 atom stereocenters. The van der Waals surface area contributed by atoms with E-state index in [9.17, 15) is 4.79 Å². The van der Waals surface area contributed by atoms with Crippen LogP contribution >= 0.6 is 11.3 Å². The van der Waals surface area contributed by atoms with Crippen LogP contribution in [0.3, 0.4) is 0 Å². The first kappa shape index (κ1) is 14.5. The van der Waals surface area contributed by atoms with E-state index in [1.807, 2.05) is 29.5 Å². The van der Waals surface area contributed by atoms with Gasteiger partial charge in [0.25, 0.3) is 0 Å². The van der Waals surface area contributed by atoms with Gasteiger partial charge in [-0.3, -0.25) is 0 Å². The molecule has 1 aromatic heterocycles. The van der Waals surface area contributed by atoms with E-state index < -0.39 is 0 Å². The van der Waals surface area contributed by atoms with Crippen molar-refractivity contribution in [2.45, 2.75) is 25.3 Å². The first-order valence-corrected chi connectivity index (χ1v) is 8.76. The molecule has 0 fully saturated rings. The third kappa shape index (κ3) is 2.29. The Morgan fingerprint density at radius 3 is 2.96 bits per heavy atom. The molecule has 0 radical (unpaired) electrons. The number of hydrogen-bond acceptors (Lipinski definition) is 4. The summed E-state index contributed by atoms with van der Waals surface area (Å²) in [6.07, 6.45) is 5.63. The molecule has 2 heterocycles. The van der Waals surface area contributed by atoms with E-state index in [1.54, 1.807) is 0 Å². The molecular weight excluding hydrogens is 306 g/mol. The summed E-state index contributed by atoms with van der Waals surface area (Å²) in [4.78, 5) is 13.3. The number of ether oxygens (including phenoxy) is 1. The van der Waals surface area contributed by atoms with Crippen molar-refractivity contribution < 1.29 is 9.53 Å². The fourth-order valence-corrected chi connectivity index (χ4v) is 4.85. The zero-order valence-electron chi connectivity index (χ0n) is 13.2. The fourth-order valence-electron chi connectivity index (χ4n) is 3.80. The number of hydrogen-bond donors (Lipinski definition) is 1. The summed E-state index contributed by atoms with van der Waals surface area (Å²) < 4.78 is 4.86. The first-order valence-electron chi connectivity index (χ1n) is 7.88. The van der Waals surface area contributed by atoms with Crippen molar-refractivity contribution in [1.29, 1.82) is 0 Å². The highest BCUT2D eigenvalue weighted by molar-refractivity contribution is 7.10. The van der Waals surface area contributed by atoms with Crippen LogP contribution in [-0.4, -0.2) is 13.1 Å². The molecule has 1 N–H and O–H groups in total. The molecule has 1 aliphatic carbocycles. The maximum atomic E-state index is 11.8. The lowest BCUT2D eigenvalue weighted by molar-refractivity contribution is 0.0600. The number of aryl methyl sites for hydroxylation is 1. The number of carbonyl (C=O) groups excluding carboxylic acids is 1. The quantitative estimate of drug-likeness (QED) is 0.644. The number of fused-ring (bicyclic) bond motifs is 3. The monoisotopic (exact) mass is 325 g/mol. The lowest BCUT2D eigenvalue weighted by Gasteiger charge is -2.37. The van der Waals surface area contributed by atoms with Crippen molar-refractivity contribution >= 4 is 23.0 Å². The summed E-state index contributed by atoms with van der Waals surface area (Å²) in [5.74, 6) is 0.595. The van der Waals surface area contributed by atoms with E-state index in [2.05, 4.69) is 35.8 Å². The summed E-state index contributed by atoms with van der Waals surface area (Å²) >= 11 is 1.83. The predicted molar refractivity (Wildman–Crippen MR) is 93.2 cm³/mol. The van der Waals surface area contributed by atoms with Crippen LogP contribution in [0.5, 0.6) is 0 Å². The smallest absolute Gasteiger partial charge is 0.337 e. The van der Waals surface area contributed by atoms with Crippen LogP contribution in [0.2, 0.25) is 0 Å². The van der Waals surface area contributed by atoms with Gasteiger partial charge in [0.2, 0.25) is 0 Å². The Hall–Kier alpha value is -2.07. The van der Waals surface area contributed by atoms with Crippen LogP contribution in [-0.2, 0) is 4.74 Å². The van der Waals surface area contributed by atoms with Gasteiger partial charge in [-0.2, -0.15) is 0 Å². The van der Waals surface area contributed by atoms with Gasteiger partial charge in [-0.15, -0.1) is 11.3 Å². The van der Waals surface area contributed by atoms with Crippen LogP contribution in [0.25, 0.3) is 0 Å². The van der Waals surface area contributed by atoms with Crippen LogP contribution in [0.1, 0.15) is 44.7 Å². The summed E-state index contributed by atoms with van der Waals surface area (Å²) in [6, 6.07) is 8.37. The van der Waals surface area contributed by atoms with Gasteiger partial charge in [-0.25, -0.2) is 4.79 Å². The molecule has 4 rings (SSSR count). The molecular formula is C19H19NO2S. The Morgan fingerprint density at radius 2 is 2.22 bits per heavy atom. The largest absolute Gasteiger partial charge is 0.465 e. The molecule has 23 heavy (non-hydrogen) atoms. The lowest BCUT2D eigenvalue weighted by Crippen LogP contribution is -2.29. The van der Waals surface area contributed by atoms with Crippen molar-refractivity contribution in [2.24, 2.45) is 5.92 Å². The Labute approximate surface area is 140 Å². The second kappa shape index (κ2) is 5.53. The minimum absolute atomic E-state index is 0.275. The third-order valence-electron chi connectivity index (χ3n) is 4.97. The van der Waals surface area contributed by atoms with Crippen molar-refractivity contribution in [2.75, 3.05) is 12.4 Å². The Bertz CT molecular complexity index is 792. The molecule has 3 nitrogen and oxygen atoms in total. The van der Waals surface area contributed by atoms with E-state index in [1.165, 1.54) is 23.1 Å². The van der Waals surface area contributed by atoms with Crippen molar-refractivity contribution in [3.8, 4) is 0 Å². The Kier molecular flexibility index (Phi) is 3.49. The van der Waals surface area contributed by atoms with Crippen molar-refractivity contribution in [3.63, 3.8) is 0 Å². The van der Waals surface area contributed by atoms with Crippen LogP contribution in [0.4, 0.5) is 5.69 Å². The molecule has 4 heteroatoms. The number of esters is 1. The van der Waals surface area contributed by atoms with Gasteiger partial charge in [-0.05, 0) is 60.0 Å². The van der Waals surface area contributed by atoms with Crippen LogP contribution in [0, 0.1) is 12.8 Å². The first-order chi connectivity index (χ1) is 11.2. The normalized spacial score (nSPS) is 24.7. The molecule has 1 aromatic carbocycles. The molecule has 118 valence electrons. The highest BCUT2D eigenvalue weighted by Crippen LogP contribution is 2.51. The number of anilines is 1. The van der Waals surface area contributed by atoms with Crippen molar-refractivity contribution in [3.05, 3.63) is 63.4 Å². The van der Waals surface area contributed by atoms with Crippen molar-refractivity contribution in [1.82, 2.24) is 0 Å². The molecule has 0 saturated carbocycles. The number of thiophene rings is 1. The molecule has 0 bridgehead atoms. The second-order valence-electron chi connectivity index (χ2n) is 6.24. The molecule has 1 aliphatic heterocycles. The van der Waals surface area contributed by atoms with E-state index in [0.29, 0.717) is 23.4 Å². The molecule has 3 unspecified atom stereocenters. The van der Waals surface area contributed by atoms with Gasteiger partial charge in [0.1, 0.15) is 0 Å². The SMILES string of the molecule is COC(=O)c1ccc2c(c1)C1C=CCC1C(c1sccc1C)N2. The molecule has 2 aromatic rings. The summed E-state index contributed by atoms with van der Waals surface area (Å²) in [5.41, 5.74) is 4.31. The minimum atomic E-state index is -0.275. The van der Waals surface area contributed by atoms with E-state index >= 15 is 0 Å². The highest BCUT2D eigenvalue weighted by atomic mass is 32.1. The number of benzene rings is 1. The molecule has 0 saturated heterocycles. The Balaban J connectivity index is 1.77. The van der Waals surface area contributed by atoms with Crippen LogP contribution in [0.15, 0.2) is 41.8 Å². The van der Waals surface area contributed by atoms with Gasteiger partial charge < -0.3 is 10.1 Å². The molecule has 0 spiro atoms. The van der Waals surface area contributed by atoms with E-state index in [0.717, 1.165) is 12.1 Å². The Morgan fingerprint density at radius 1 is 1.35 bits per heavy atom. The topological polar surface area (TPSA) is 38.3 Å². The summed E-state index contributed by atoms with van der Waals surface area (Å²) in [7, 11) is 1.42. The zero-order chi connectivity index (χ0) is 16.0. The van der Waals surface area contributed by atoms with E-state index in [4.69, 9.17) is 4.74 Å². The molecule has 0 amide bonds. The zero-order valence-corrected chi connectivity index (χ0v) is 14.0. The van der Waals surface area contributed by atoms with Gasteiger partial charge in [-0.1, -0.05) is 12.2 Å². The lowest BCUT2D eigenvalue weighted by atomic mass is 9.78. The van der Waals surface area contributed by atoms with E-state index in [-0.39, 0.29) is 5.97 Å². The van der Waals surface area contributed by atoms with Gasteiger partial charge in [0.15, 0.2) is 0 Å². The third-order valence-corrected chi connectivity index (χ3v) is 6.07. The molecule has 2 aliphatic rings. The standard InChI is InChI=1S/C19H19NO2S/c1-11-8-9-23-18(11)17-14-5-3-4-13(14)15-10-12(19(21)22-2)6-7-16(15)20-17/h3-4,6-10,13-14,17,20H,5H2,1-2H3. The number of methoxy groups -OCH3 is 1. The number of rotatable bonds is 2. The average Bonchev–Trinajstić information content (AvgIpc) is 3.22. The summed E-state index contributed by atoms with van der Waals surface area (Å²) in [6.45, 7) is 2.18. The second-order valence-corrected chi connectivity index (χ2v) is 7.18. The highest BCUT2D eigenvalue weighted by Gasteiger charge is 2.39. The fraction of sp³-hybridized carbons (Fsp3) is 0.316. The maximum Gasteiger partial charge on any atom is 0.337 e. The van der Waals surface area contributed by atoms with Gasteiger partial charge >= 0.3 is 5.97 Å². The van der Waals surface area contributed by atoms with Crippen LogP contribution < -0.4 is 5.32 Å². The summed E-state index contributed by atoms with van der Waals surface area (Å²) in [5, 5.41) is 5.88. The maximum absolute atomic E-state index is 11.8. The minimum Gasteiger partial charge on any atom is -0.465 e.